The van der Waals surface area contributed by atoms with Crippen LogP contribution in [0.1, 0.15) is 31.4 Å². The number of nitrogens with two attached hydrogens (primary N) is 1. The lowest BCUT2D eigenvalue weighted by Gasteiger charge is -2.23. The number of amides is 3. The molecule has 7 heteroatoms. The minimum Gasteiger partial charge on any atom is -0.445 e. The topological polar surface area (TPSA) is 111 Å². The fourth-order valence-corrected chi connectivity index (χ4v) is 2.84. The van der Waals surface area contributed by atoms with Crippen LogP contribution in [0.25, 0.3) is 6.08 Å². The molecule has 0 heterocycles. The normalized spacial score (nSPS) is 12.9. The molecule has 3 amide bonds. The average Bonchev–Trinajstić information content (AvgIpc) is 2.76. The summed E-state index contributed by atoms with van der Waals surface area (Å²) in [6.45, 7) is 3.67. The third-order valence-electron chi connectivity index (χ3n) is 4.58. The van der Waals surface area contributed by atoms with Crippen molar-refractivity contribution in [1.82, 2.24) is 10.6 Å². The van der Waals surface area contributed by atoms with Crippen molar-refractivity contribution in [3.8, 4) is 0 Å². The Labute approximate surface area is 182 Å². The van der Waals surface area contributed by atoms with Gasteiger partial charge in [0.15, 0.2) is 0 Å². The zero-order valence-electron chi connectivity index (χ0n) is 17.8. The Kier molecular flexibility index (Phi) is 9.29. The van der Waals surface area contributed by atoms with E-state index in [1.165, 1.54) is 0 Å². The van der Waals surface area contributed by atoms with Gasteiger partial charge in [0.25, 0.3) is 0 Å². The predicted octanol–water partition coefficient (Wildman–Crippen LogP) is 3.01. The van der Waals surface area contributed by atoms with E-state index in [0.29, 0.717) is 0 Å². The summed E-state index contributed by atoms with van der Waals surface area (Å²) in [6.07, 6.45) is 3.15. The van der Waals surface area contributed by atoms with E-state index in [1.807, 2.05) is 66.7 Å². The first-order valence-corrected chi connectivity index (χ1v) is 10.2. The second kappa shape index (κ2) is 12.2. The van der Waals surface area contributed by atoms with E-state index < -0.39 is 30.0 Å². The van der Waals surface area contributed by atoms with Gasteiger partial charge in [-0.05, 0) is 23.5 Å². The van der Waals surface area contributed by atoms with Gasteiger partial charge in [-0.2, -0.15) is 0 Å². The number of benzene rings is 2. The molecule has 0 aliphatic carbocycles. The van der Waals surface area contributed by atoms with Gasteiger partial charge in [0.05, 0.1) is 0 Å². The molecule has 2 rings (SSSR count). The van der Waals surface area contributed by atoms with Gasteiger partial charge < -0.3 is 21.1 Å². The van der Waals surface area contributed by atoms with Gasteiger partial charge in [0.1, 0.15) is 18.7 Å². The molecule has 0 unspecified atom stereocenters. The van der Waals surface area contributed by atoms with Crippen molar-refractivity contribution < 1.29 is 19.1 Å². The number of hydrogen-bond donors (Lipinski definition) is 3. The number of rotatable bonds is 10. The fraction of sp³-hybridized carbons (Fsp3) is 0.292. The number of hydrogen-bond acceptors (Lipinski definition) is 4. The van der Waals surface area contributed by atoms with Crippen molar-refractivity contribution in [2.24, 2.45) is 11.7 Å². The van der Waals surface area contributed by atoms with E-state index in [4.69, 9.17) is 10.5 Å². The highest BCUT2D eigenvalue weighted by molar-refractivity contribution is 5.91. The summed E-state index contributed by atoms with van der Waals surface area (Å²) in [7, 11) is 0. The molecule has 0 spiro atoms. The molecule has 0 aliphatic rings. The monoisotopic (exact) mass is 423 g/mol. The van der Waals surface area contributed by atoms with Gasteiger partial charge in [0, 0.05) is 0 Å². The van der Waals surface area contributed by atoms with Crippen molar-refractivity contribution in [1.29, 1.82) is 0 Å². The summed E-state index contributed by atoms with van der Waals surface area (Å²) >= 11 is 0. The third-order valence-corrected chi connectivity index (χ3v) is 4.58. The zero-order chi connectivity index (χ0) is 22.6. The highest BCUT2D eigenvalue weighted by atomic mass is 16.5. The standard InChI is InChI=1S/C24H29N3O4/c1-17(2)21(27-24(30)31-16-19-12-7-4-8-13-19)23(29)26-20(22(25)28)15-9-14-18-10-5-3-6-11-18/h3-14,17,20-21H,15-16H2,1-2H3,(H2,25,28)(H,26,29)(H,27,30)/b14-9+/t20-,21+/m1/s1. The van der Waals surface area contributed by atoms with Crippen molar-refractivity contribution in [2.75, 3.05) is 0 Å². The van der Waals surface area contributed by atoms with Crippen molar-refractivity contribution in [3.63, 3.8) is 0 Å². The molecule has 0 bridgehead atoms. The molecule has 2 aromatic rings. The summed E-state index contributed by atoms with van der Waals surface area (Å²) in [5.74, 6) is -1.37. The Balaban J connectivity index is 1.92. The van der Waals surface area contributed by atoms with E-state index in [9.17, 15) is 14.4 Å². The van der Waals surface area contributed by atoms with Crippen LogP contribution < -0.4 is 16.4 Å². The first-order chi connectivity index (χ1) is 14.9. The van der Waals surface area contributed by atoms with Crippen LogP contribution in [0.4, 0.5) is 4.79 Å². The SMILES string of the molecule is CC(C)[C@H](NC(=O)OCc1ccccc1)C(=O)N[C@H](C/C=C/c1ccccc1)C(N)=O. The highest BCUT2D eigenvalue weighted by Gasteiger charge is 2.28. The summed E-state index contributed by atoms with van der Waals surface area (Å²) in [4.78, 5) is 36.7. The average molecular weight is 424 g/mol. The summed E-state index contributed by atoms with van der Waals surface area (Å²) < 4.78 is 5.19. The Bertz CT molecular complexity index is 882. The molecule has 0 aromatic heterocycles. The molecule has 164 valence electrons. The van der Waals surface area contributed by atoms with Crippen molar-refractivity contribution in [2.45, 2.75) is 39.0 Å². The second-order valence-electron chi connectivity index (χ2n) is 7.44. The van der Waals surface area contributed by atoms with Gasteiger partial charge in [0.2, 0.25) is 11.8 Å². The van der Waals surface area contributed by atoms with Crippen LogP contribution in [-0.2, 0) is 20.9 Å². The maximum absolute atomic E-state index is 12.7. The lowest BCUT2D eigenvalue weighted by Crippen LogP contribution is -2.54. The molecule has 0 radical (unpaired) electrons. The van der Waals surface area contributed by atoms with Crippen LogP contribution in [-0.4, -0.2) is 30.0 Å². The van der Waals surface area contributed by atoms with E-state index in [-0.39, 0.29) is 18.9 Å². The highest BCUT2D eigenvalue weighted by Crippen LogP contribution is 2.07. The number of ether oxygens (including phenoxy) is 1. The molecule has 0 fully saturated rings. The number of primary amides is 1. The molecule has 2 atom stereocenters. The summed E-state index contributed by atoms with van der Waals surface area (Å²) in [6, 6.07) is 17.0. The van der Waals surface area contributed by atoms with Crippen molar-refractivity contribution >= 4 is 24.0 Å². The maximum Gasteiger partial charge on any atom is 0.408 e. The Morgan fingerprint density at radius 3 is 2.16 bits per heavy atom. The molecule has 4 N–H and O–H groups in total. The van der Waals surface area contributed by atoms with Gasteiger partial charge in [-0.15, -0.1) is 0 Å². The Morgan fingerprint density at radius 2 is 1.58 bits per heavy atom. The summed E-state index contributed by atoms with van der Waals surface area (Å²) in [5.41, 5.74) is 7.26. The third kappa shape index (κ3) is 8.34. The number of carbonyl (C=O) groups excluding carboxylic acids is 3. The van der Waals surface area contributed by atoms with Gasteiger partial charge >= 0.3 is 6.09 Å². The second-order valence-corrected chi connectivity index (χ2v) is 7.44. The molecule has 0 saturated carbocycles. The van der Waals surface area contributed by atoms with Gasteiger partial charge in [-0.25, -0.2) is 4.79 Å². The first kappa shape index (κ1) is 23.7. The largest absolute Gasteiger partial charge is 0.445 e. The van der Waals surface area contributed by atoms with E-state index in [1.54, 1.807) is 19.9 Å². The molecular weight excluding hydrogens is 394 g/mol. The molecule has 2 aromatic carbocycles. The van der Waals surface area contributed by atoms with Crippen LogP contribution in [0.2, 0.25) is 0 Å². The van der Waals surface area contributed by atoms with Gasteiger partial charge in [-0.3, -0.25) is 9.59 Å². The van der Waals surface area contributed by atoms with Crippen LogP contribution >= 0.6 is 0 Å². The van der Waals surface area contributed by atoms with E-state index in [2.05, 4.69) is 10.6 Å². The predicted molar refractivity (Wildman–Crippen MR) is 120 cm³/mol. The Hall–Kier alpha value is -3.61. The molecular formula is C24H29N3O4. The lowest BCUT2D eigenvalue weighted by atomic mass is 10.0. The number of alkyl carbamates (subject to hydrolysis) is 1. The fourth-order valence-electron chi connectivity index (χ4n) is 2.84. The van der Waals surface area contributed by atoms with Crippen molar-refractivity contribution in [3.05, 3.63) is 77.9 Å². The molecule has 0 aliphatic heterocycles. The number of carbonyl (C=O) groups is 3. The van der Waals surface area contributed by atoms with Gasteiger partial charge in [-0.1, -0.05) is 86.7 Å². The van der Waals surface area contributed by atoms with Crippen LogP contribution in [0.5, 0.6) is 0 Å². The van der Waals surface area contributed by atoms with Crippen LogP contribution in [0, 0.1) is 5.92 Å². The smallest absolute Gasteiger partial charge is 0.408 e. The zero-order valence-corrected chi connectivity index (χ0v) is 17.8. The summed E-state index contributed by atoms with van der Waals surface area (Å²) in [5, 5.41) is 5.20. The van der Waals surface area contributed by atoms with E-state index >= 15 is 0 Å². The van der Waals surface area contributed by atoms with Crippen LogP contribution in [0.15, 0.2) is 66.7 Å². The minimum atomic E-state index is -0.893. The first-order valence-electron chi connectivity index (χ1n) is 10.2. The molecule has 31 heavy (non-hydrogen) atoms. The van der Waals surface area contributed by atoms with E-state index in [0.717, 1.165) is 11.1 Å². The van der Waals surface area contributed by atoms with Crippen LogP contribution in [0.3, 0.4) is 0 Å². The number of nitrogens with one attached hydrogen (secondary N) is 2. The maximum atomic E-state index is 12.7. The Morgan fingerprint density at radius 1 is 0.968 bits per heavy atom. The minimum absolute atomic E-state index is 0.0906. The lowest BCUT2D eigenvalue weighted by molar-refractivity contribution is -0.129. The molecule has 7 nitrogen and oxygen atoms in total. The molecule has 0 saturated heterocycles. The quantitative estimate of drug-likeness (QED) is 0.545.